The number of halogens is 1. The molecule has 2 amide bonds. The Balaban J connectivity index is 1.07. The molecule has 2 aliphatic heterocycles. The van der Waals surface area contributed by atoms with Crippen LogP contribution in [0.4, 0.5) is 17.1 Å². The van der Waals surface area contributed by atoms with Gasteiger partial charge in [-0.2, -0.15) is 0 Å². The first-order chi connectivity index (χ1) is 23.4. The number of H-pyrrole nitrogens is 2. The molecule has 1 unspecified atom stereocenters. The van der Waals surface area contributed by atoms with E-state index in [0.29, 0.717) is 52.7 Å². The predicted octanol–water partition coefficient (Wildman–Crippen LogP) is 8.02. The Hall–Kier alpha value is -5.26. The second-order valence-corrected chi connectivity index (χ2v) is 13.2. The molecule has 0 saturated heterocycles. The molecule has 0 saturated carbocycles. The first-order valence-electron chi connectivity index (χ1n) is 15.5. The summed E-state index contributed by atoms with van der Waals surface area (Å²) in [5, 5.41) is 15.9. The van der Waals surface area contributed by atoms with Crippen LogP contribution in [0.5, 0.6) is 5.75 Å². The average Bonchev–Trinajstić information content (AvgIpc) is 3.81. The van der Waals surface area contributed by atoms with Gasteiger partial charge in [-0.3, -0.25) is 14.4 Å². The maximum Gasteiger partial charge on any atom is 0.303 e. The molecule has 240 valence electrons. The standard InChI is InChI=1S/C36H28ClN5O5S/c37-17-21-18-42(29-16-30-33-23(32(21)29)6-3-8-26(33)41-36(47-30)48-12-4-9-31(43)44)35(46)28-15-20-13-22(10-11-25(20)40-28)38-34(45)27-14-19-5-1-2-7-24(19)39-27/h1-3,5-8,10-11,13-16,21,39-40H,4,9,12,17-18H2,(H,38,45)(H,43,44). The molecule has 4 N–H and O–H groups in total. The first kappa shape index (κ1) is 30.1. The molecule has 0 radical (unpaired) electrons. The normalized spacial score (nSPS) is 15.1. The van der Waals surface area contributed by atoms with E-state index in [4.69, 9.17) is 26.4 Å². The number of para-hydroxylation sites is 1. The summed E-state index contributed by atoms with van der Waals surface area (Å²) in [6, 6.07) is 24.5. The van der Waals surface area contributed by atoms with Gasteiger partial charge in [0.05, 0.1) is 16.8 Å². The van der Waals surface area contributed by atoms with Crippen molar-refractivity contribution in [3.63, 3.8) is 0 Å². The number of hydrogen-bond acceptors (Lipinski definition) is 6. The quantitative estimate of drug-likeness (QED) is 0.0950. The molecule has 10 nitrogen and oxygen atoms in total. The number of fused-ring (bicyclic) bond motifs is 4. The average molecular weight is 678 g/mol. The number of benzene rings is 4. The highest BCUT2D eigenvalue weighted by atomic mass is 35.5. The molecule has 1 atom stereocenters. The number of hydrogen-bond donors (Lipinski definition) is 4. The smallest absolute Gasteiger partial charge is 0.303 e. The van der Waals surface area contributed by atoms with Crippen LogP contribution < -0.4 is 15.0 Å². The Labute approximate surface area is 283 Å². The lowest BCUT2D eigenvalue weighted by molar-refractivity contribution is -0.137. The van der Waals surface area contributed by atoms with Gasteiger partial charge in [-0.1, -0.05) is 42.1 Å². The number of amides is 2. The summed E-state index contributed by atoms with van der Waals surface area (Å²) >= 11 is 7.87. The van der Waals surface area contributed by atoms with E-state index in [0.717, 1.165) is 49.5 Å². The number of aromatic nitrogens is 2. The van der Waals surface area contributed by atoms with Crippen molar-refractivity contribution in [3.8, 4) is 5.75 Å². The number of carbonyl (C=O) groups is 3. The molecule has 0 bridgehead atoms. The SMILES string of the molecule is O=C(O)CCCSC1=Nc2cccc3c4c(cc(c23)O1)N(C(=O)c1cc2cc(NC(=O)c3cc5ccccc5[nH]3)ccc2[nH]1)CC4CCl. The van der Waals surface area contributed by atoms with Crippen LogP contribution in [0.2, 0.25) is 0 Å². The third-order valence-electron chi connectivity index (χ3n) is 8.71. The maximum atomic E-state index is 14.1. The summed E-state index contributed by atoms with van der Waals surface area (Å²) in [6.45, 7) is 0.402. The number of nitrogens with zero attached hydrogens (tertiary/aromatic N) is 2. The number of anilines is 2. The third-order valence-corrected chi connectivity index (χ3v) is 10.00. The van der Waals surface area contributed by atoms with Crippen LogP contribution in [-0.2, 0) is 4.79 Å². The number of aliphatic imine (C=N–C) groups is 1. The summed E-state index contributed by atoms with van der Waals surface area (Å²) in [5.74, 6) is 0.0724. The molecule has 0 fully saturated rings. The fraction of sp³-hybridized carbons (Fsp3) is 0.167. The van der Waals surface area contributed by atoms with Crippen molar-refractivity contribution in [1.82, 2.24) is 9.97 Å². The number of thioether (sulfide) groups is 1. The fourth-order valence-electron chi connectivity index (χ4n) is 6.51. The molecule has 2 aromatic heterocycles. The zero-order valence-electron chi connectivity index (χ0n) is 25.4. The molecule has 12 heteroatoms. The molecule has 0 aliphatic carbocycles. The molecule has 6 aromatic rings. The van der Waals surface area contributed by atoms with E-state index < -0.39 is 5.97 Å². The van der Waals surface area contributed by atoms with E-state index in [9.17, 15) is 14.4 Å². The highest BCUT2D eigenvalue weighted by molar-refractivity contribution is 8.13. The van der Waals surface area contributed by atoms with Crippen LogP contribution in [0.1, 0.15) is 45.3 Å². The Kier molecular flexibility index (Phi) is 7.57. The number of nitrogens with one attached hydrogen (secondary N) is 3. The van der Waals surface area contributed by atoms with Gasteiger partial charge in [-0.15, -0.1) is 11.6 Å². The topological polar surface area (TPSA) is 140 Å². The van der Waals surface area contributed by atoms with Crippen LogP contribution in [0, 0.1) is 0 Å². The van der Waals surface area contributed by atoms with Crippen LogP contribution in [-0.4, -0.2) is 56.3 Å². The fourth-order valence-corrected chi connectivity index (χ4v) is 7.54. The van der Waals surface area contributed by atoms with Crippen molar-refractivity contribution < 1.29 is 24.2 Å². The Bertz CT molecular complexity index is 2300. The van der Waals surface area contributed by atoms with Crippen molar-refractivity contribution in [3.05, 3.63) is 95.8 Å². The minimum absolute atomic E-state index is 0.0750. The van der Waals surface area contributed by atoms with Crippen LogP contribution in [0.15, 0.2) is 83.9 Å². The predicted molar refractivity (Wildman–Crippen MR) is 191 cm³/mol. The number of aliphatic carboxylic acids is 1. The lowest BCUT2D eigenvalue weighted by atomic mass is 9.94. The minimum Gasteiger partial charge on any atom is -0.481 e. The lowest BCUT2D eigenvalue weighted by Gasteiger charge is -2.22. The summed E-state index contributed by atoms with van der Waals surface area (Å²) < 4.78 is 6.23. The molecule has 4 heterocycles. The Morgan fingerprint density at radius 2 is 1.79 bits per heavy atom. The molecule has 8 rings (SSSR count). The van der Waals surface area contributed by atoms with Gasteiger partial charge in [0.15, 0.2) is 0 Å². The van der Waals surface area contributed by atoms with E-state index in [1.165, 1.54) is 11.8 Å². The maximum absolute atomic E-state index is 14.1. The van der Waals surface area contributed by atoms with Crippen molar-refractivity contribution in [1.29, 1.82) is 0 Å². The summed E-state index contributed by atoms with van der Waals surface area (Å²) in [4.78, 5) is 50.9. The number of rotatable bonds is 8. The number of carbonyl (C=O) groups excluding carboxylic acids is 2. The number of ether oxygens (including phenoxy) is 1. The van der Waals surface area contributed by atoms with Crippen molar-refractivity contribution in [2.24, 2.45) is 4.99 Å². The highest BCUT2D eigenvalue weighted by Gasteiger charge is 2.37. The summed E-state index contributed by atoms with van der Waals surface area (Å²) in [7, 11) is 0. The van der Waals surface area contributed by atoms with Crippen molar-refractivity contribution >= 4 is 96.0 Å². The van der Waals surface area contributed by atoms with Crippen molar-refractivity contribution in [2.45, 2.75) is 18.8 Å². The van der Waals surface area contributed by atoms with Gasteiger partial charge >= 0.3 is 5.97 Å². The zero-order valence-corrected chi connectivity index (χ0v) is 27.0. The summed E-state index contributed by atoms with van der Waals surface area (Å²) in [6.07, 6.45) is 0.567. The van der Waals surface area contributed by atoms with Gasteiger partial charge in [0.2, 0.25) is 0 Å². The highest BCUT2D eigenvalue weighted by Crippen LogP contribution is 2.50. The van der Waals surface area contributed by atoms with Gasteiger partial charge < -0.3 is 30.0 Å². The molecular weight excluding hydrogens is 650 g/mol. The first-order valence-corrected chi connectivity index (χ1v) is 17.0. The lowest BCUT2D eigenvalue weighted by Crippen LogP contribution is -2.30. The number of carboxylic acids is 1. The number of aromatic amines is 2. The zero-order chi connectivity index (χ0) is 32.9. The van der Waals surface area contributed by atoms with Crippen LogP contribution in [0.3, 0.4) is 0 Å². The van der Waals surface area contributed by atoms with Gasteiger partial charge in [0.1, 0.15) is 17.1 Å². The van der Waals surface area contributed by atoms with E-state index >= 15 is 0 Å². The van der Waals surface area contributed by atoms with E-state index in [2.05, 4.69) is 15.3 Å². The molecule has 0 spiro atoms. The van der Waals surface area contributed by atoms with Gasteiger partial charge in [0, 0.05) is 64.1 Å². The number of alkyl halides is 1. The van der Waals surface area contributed by atoms with Crippen molar-refractivity contribution in [2.75, 3.05) is 28.4 Å². The van der Waals surface area contributed by atoms with Crippen LogP contribution >= 0.6 is 23.4 Å². The summed E-state index contributed by atoms with van der Waals surface area (Å²) in [5.41, 5.74) is 5.59. The number of carboxylic acid groups (broad SMARTS) is 1. The minimum atomic E-state index is -0.838. The molecular formula is C36H28ClN5O5S. The van der Waals surface area contributed by atoms with Gasteiger partial charge in [0.25, 0.3) is 17.0 Å². The van der Waals surface area contributed by atoms with Crippen LogP contribution in [0.25, 0.3) is 32.6 Å². The largest absolute Gasteiger partial charge is 0.481 e. The second-order valence-electron chi connectivity index (χ2n) is 11.8. The van der Waals surface area contributed by atoms with Gasteiger partial charge in [-0.25, -0.2) is 4.99 Å². The second kappa shape index (κ2) is 12.1. The monoisotopic (exact) mass is 677 g/mol. The van der Waals surface area contributed by atoms with E-state index in [-0.39, 0.29) is 24.2 Å². The Morgan fingerprint density at radius 3 is 2.62 bits per heavy atom. The van der Waals surface area contributed by atoms with E-state index in [1.54, 1.807) is 17.0 Å². The third kappa shape index (κ3) is 5.34. The molecule has 48 heavy (non-hydrogen) atoms. The van der Waals surface area contributed by atoms with E-state index in [1.807, 2.05) is 66.7 Å². The Morgan fingerprint density at radius 1 is 0.979 bits per heavy atom. The molecule has 2 aliphatic rings. The molecule has 4 aromatic carbocycles. The van der Waals surface area contributed by atoms with Gasteiger partial charge in [-0.05, 0) is 59.8 Å².